The van der Waals surface area contributed by atoms with Gasteiger partial charge in [0.1, 0.15) is 5.75 Å². The highest BCUT2D eigenvalue weighted by molar-refractivity contribution is 9.10. The molecule has 0 saturated heterocycles. The van der Waals surface area contributed by atoms with Gasteiger partial charge in [0, 0.05) is 10.9 Å². The van der Waals surface area contributed by atoms with Gasteiger partial charge in [-0.15, -0.1) is 0 Å². The second-order valence-corrected chi connectivity index (χ2v) is 5.44. The van der Waals surface area contributed by atoms with Crippen LogP contribution in [0.2, 0.25) is 0 Å². The third-order valence-electron chi connectivity index (χ3n) is 1.66. The van der Waals surface area contributed by atoms with Crippen molar-refractivity contribution >= 4 is 31.8 Å². The molecule has 0 aromatic heterocycles. The summed E-state index contributed by atoms with van der Waals surface area (Å²) in [6.45, 7) is 0. The van der Waals surface area contributed by atoms with E-state index in [1.165, 1.54) is 0 Å². The third kappa shape index (κ3) is 5.06. The molecule has 0 saturated carbocycles. The van der Waals surface area contributed by atoms with E-state index in [1.807, 2.05) is 0 Å². The van der Waals surface area contributed by atoms with Crippen LogP contribution in [-0.2, 0) is 21.3 Å². The van der Waals surface area contributed by atoms with Gasteiger partial charge in [-0.2, -0.15) is 8.42 Å². The van der Waals surface area contributed by atoms with Crippen LogP contribution in [0, 0.1) is 0 Å². The van der Waals surface area contributed by atoms with Crippen LogP contribution in [0.1, 0.15) is 5.56 Å². The van der Waals surface area contributed by atoms with Crippen molar-refractivity contribution in [3.8, 4) is 0 Å². The van der Waals surface area contributed by atoms with Gasteiger partial charge in [-0.3, -0.25) is 9.35 Å². The molecular weight excluding hydrogens is 284 g/mol. The Morgan fingerprint density at radius 3 is 2.27 bits per heavy atom. The minimum Gasteiger partial charge on any atom is -0.298 e. The summed E-state index contributed by atoms with van der Waals surface area (Å²) in [5.41, 5.74) is 0.715. The summed E-state index contributed by atoms with van der Waals surface area (Å²) in [6.07, 6.45) is 0.00701. The van der Waals surface area contributed by atoms with Crippen molar-refractivity contribution in [3.63, 3.8) is 0 Å². The fourth-order valence-corrected chi connectivity index (χ4v) is 1.86. The number of carbonyl (C=O) groups excluding carboxylic acids is 1. The zero-order valence-electron chi connectivity index (χ0n) is 7.68. The molecule has 1 rings (SSSR count). The molecule has 0 radical (unpaired) electrons. The largest absolute Gasteiger partial charge is 0.298 e. The van der Waals surface area contributed by atoms with Gasteiger partial charge >= 0.3 is 0 Å². The Morgan fingerprint density at radius 1 is 1.27 bits per heavy atom. The van der Waals surface area contributed by atoms with E-state index >= 15 is 0 Å². The highest BCUT2D eigenvalue weighted by atomic mass is 79.9. The molecule has 0 heterocycles. The third-order valence-corrected chi connectivity index (χ3v) is 2.87. The van der Waals surface area contributed by atoms with Crippen molar-refractivity contribution in [3.05, 3.63) is 34.3 Å². The Morgan fingerprint density at radius 2 is 1.80 bits per heavy atom. The Balaban J connectivity index is 2.63. The quantitative estimate of drug-likeness (QED) is 0.853. The SMILES string of the molecule is O=C(Cc1ccc(Br)cc1)CS(=O)(=O)O. The molecule has 6 heteroatoms. The number of rotatable bonds is 4. The number of benzene rings is 1. The van der Waals surface area contributed by atoms with Gasteiger partial charge in [-0.1, -0.05) is 28.1 Å². The maximum Gasteiger partial charge on any atom is 0.272 e. The molecule has 1 aromatic rings. The molecule has 1 aromatic carbocycles. The maximum atomic E-state index is 11.2. The van der Waals surface area contributed by atoms with Crippen molar-refractivity contribution in [1.29, 1.82) is 0 Å². The Bertz CT molecular complexity index is 450. The monoisotopic (exact) mass is 292 g/mol. The van der Waals surface area contributed by atoms with Crippen LogP contribution in [-0.4, -0.2) is 24.5 Å². The average molecular weight is 293 g/mol. The molecule has 15 heavy (non-hydrogen) atoms. The summed E-state index contributed by atoms with van der Waals surface area (Å²) in [6, 6.07) is 6.95. The Labute approximate surface area is 96.2 Å². The minimum absolute atomic E-state index is 0.00701. The number of Topliss-reactive ketones (excluding diaryl/α,β-unsaturated/α-hetero) is 1. The summed E-state index contributed by atoms with van der Waals surface area (Å²) in [7, 11) is -4.21. The van der Waals surface area contributed by atoms with Crippen molar-refractivity contribution in [2.45, 2.75) is 6.42 Å². The van der Waals surface area contributed by atoms with E-state index in [0.29, 0.717) is 5.56 Å². The van der Waals surface area contributed by atoms with Gasteiger partial charge < -0.3 is 0 Å². The first-order valence-electron chi connectivity index (χ1n) is 4.08. The van der Waals surface area contributed by atoms with Crippen molar-refractivity contribution in [2.24, 2.45) is 0 Å². The van der Waals surface area contributed by atoms with E-state index in [4.69, 9.17) is 4.55 Å². The first-order valence-corrected chi connectivity index (χ1v) is 6.48. The zero-order valence-corrected chi connectivity index (χ0v) is 10.1. The molecule has 0 spiro atoms. The standard InChI is InChI=1S/C9H9BrO4S/c10-8-3-1-7(2-4-8)5-9(11)6-15(12,13)14/h1-4H,5-6H2,(H,12,13,14). The summed E-state index contributed by atoms with van der Waals surface area (Å²) in [4.78, 5) is 11.2. The lowest BCUT2D eigenvalue weighted by atomic mass is 10.1. The molecular formula is C9H9BrO4S. The number of carbonyl (C=O) groups is 1. The second kappa shape index (κ2) is 4.87. The maximum absolute atomic E-state index is 11.2. The van der Waals surface area contributed by atoms with Crippen molar-refractivity contribution in [2.75, 3.05) is 5.75 Å². The van der Waals surface area contributed by atoms with Gasteiger partial charge in [0.15, 0.2) is 5.78 Å². The number of hydrogen-bond acceptors (Lipinski definition) is 3. The highest BCUT2D eigenvalue weighted by Gasteiger charge is 2.12. The van der Waals surface area contributed by atoms with Crippen LogP contribution in [0.4, 0.5) is 0 Å². The van der Waals surface area contributed by atoms with Crippen LogP contribution in [0.15, 0.2) is 28.7 Å². The molecule has 1 N–H and O–H groups in total. The number of hydrogen-bond donors (Lipinski definition) is 1. The van der Waals surface area contributed by atoms with Crippen molar-refractivity contribution < 1.29 is 17.8 Å². The molecule has 82 valence electrons. The molecule has 0 aliphatic heterocycles. The van der Waals surface area contributed by atoms with E-state index in [0.717, 1.165) is 4.47 Å². The lowest BCUT2D eigenvalue weighted by molar-refractivity contribution is -0.116. The lowest BCUT2D eigenvalue weighted by Gasteiger charge is -1.99. The van der Waals surface area contributed by atoms with Crippen LogP contribution in [0.3, 0.4) is 0 Å². The fraction of sp³-hybridized carbons (Fsp3) is 0.222. The summed E-state index contributed by atoms with van der Waals surface area (Å²) < 4.78 is 30.2. The van der Waals surface area contributed by atoms with E-state index in [-0.39, 0.29) is 6.42 Å². The van der Waals surface area contributed by atoms with Gasteiger partial charge in [0.25, 0.3) is 10.1 Å². The topological polar surface area (TPSA) is 71.4 Å². The summed E-state index contributed by atoms with van der Waals surface area (Å²) >= 11 is 3.24. The molecule has 4 nitrogen and oxygen atoms in total. The first kappa shape index (κ1) is 12.4. The summed E-state index contributed by atoms with van der Waals surface area (Å²) in [5.74, 6) is -1.36. The van der Waals surface area contributed by atoms with E-state index in [2.05, 4.69) is 15.9 Å². The normalized spacial score (nSPS) is 11.3. The predicted molar refractivity (Wildman–Crippen MR) is 59.3 cm³/mol. The van der Waals surface area contributed by atoms with E-state index < -0.39 is 21.7 Å². The van der Waals surface area contributed by atoms with Crippen LogP contribution in [0.25, 0.3) is 0 Å². The molecule has 0 aliphatic rings. The fourth-order valence-electron chi connectivity index (χ4n) is 1.08. The molecule has 0 atom stereocenters. The lowest BCUT2D eigenvalue weighted by Crippen LogP contribution is -2.16. The van der Waals surface area contributed by atoms with Gasteiger partial charge in [0.2, 0.25) is 0 Å². The first-order chi connectivity index (χ1) is 6.87. The summed E-state index contributed by atoms with van der Waals surface area (Å²) in [5, 5.41) is 0. The molecule has 0 aliphatic carbocycles. The second-order valence-electron chi connectivity index (χ2n) is 3.07. The number of ketones is 1. The predicted octanol–water partition coefficient (Wildman–Crippen LogP) is 1.45. The van der Waals surface area contributed by atoms with Crippen LogP contribution in [0.5, 0.6) is 0 Å². The highest BCUT2D eigenvalue weighted by Crippen LogP contribution is 2.11. The Hall–Kier alpha value is -0.720. The van der Waals surface area contributed by atoms with Crippen LogP contribution >= 0.6 is 15.9 Å². The van der Waals surface area contributed by atoms with Crippen molar-refractivity contribution in [1.82, 2.24) is 0 Å². The molecule has 0 bridgehead atoms. The number of halogens is 1. The van der Waals surface area contributed by atoms with Crippen LogP contribution < -0.4 is 0 Å². The van der Waals surface area contributed by atoms with Gasteiger partial charge in [-0.05, 0) is 17.7 Å². The van der Waals surface area contributed by atoms with E-state index in [1.54, 1.807) is 24.3 Å². The van der Waals surface area contributed by atoms with Gasteiger partial charge in [-0.25, -0.2) is 0 Å². The molecule has 0 amide bonds. The van der Waals surface area contributed by atoms with E-state index in [9.17, 15) is 13.2 Å². The van der Waals surface area contributed by atoms with Gasteiger partial charge in [0.05, 0.1) is 0 Å². The molecule has 0 fully saturated rings. The molecule has 0 unspecified atom stereocenters. The minimum atomic E-state index is -4.21. The zero-order chi connectivity index (χ0) is 11.5. The average Bonchev–Trinajstić information content (AvgIpc) is 2.05. The smallest absolute Gasteiger partial charge is 0.272 e. The Kier molecular flexibility index (Phi) is 4.01.